The molecule has 19 heavy (non-hydrogen) atoms. The number of hydrogen-bond acceptors (Lipinski definition) is 3. The first-order chi connectivity index (χ1) is 9.20. The van der Waals surface area contributed by atoms with Crippen molar-refractivity contribution in [1.29, 1.82) is 0 Å². The summed E-state index contributed by atoms with van der Waals surface area (Å²) in [5, 5.41) is 2.16. The monoisotopic (exact) mass is 271 g/mol. The number of isothiocyanates is 1. The molecular formula is C15H10FNOS. The number of benzene rings is 2. The number of Topliss-reactive ketones (excluding diaryl/α,β-unsaturated/α-hetero) is 1. The molecule has 2 rings (SSSR count). The van der Waals surface area contributed by atoms with Gasteiger partial charge in [0.05, 0.1) is 5.16 Å². The molecule has 0 aliphatic rings. The van der Waals surface area contributed by atoms with Gasteiger partial charge in [-0.25, -0.2) is 9.38 Å². The van der Waals surface area contributed by atoms with Crippen molar-refractivity contribution in [3.63, 3.8) is 0 Å². The standard InChI is InChI=1S/C15H10FNOS/c16-14-7-5-12(6-8-14)11-1-3-13(4-2-11)15(18)9-17-10-19/h1-8H,9H2. The Labute approximate surface area is 115 Å². The molecule has 2 nitrogen and oxygen atoms in total. The molecule has 0 atom stereocenters. The molecule has 94 valence electrons. The van der Waals surface area contributed by atoms with Crippen molar-refractivity contribution < 1.29 is 9.18 Å². The molecule has 2 aromatic carbocycles. The van der Waals surface area contributed by atoms with Crippen LogP contribution in [0.1, 0.15) is 10.4 Å². The Balaban J connectivity index is 2.20. The van der Waals surface area contributed by atoms with Crippen molar-refractivity contribution in [2.75, 3.05) is 6.54 Å². The van der Waals surface area contributed by atoms with Crippen LogP contribution in [-0.2, 0) is 0 Å². The summed E-state index contributed by atoms with van der Waals surface area (Å²) in [5.74, 6) is -0.378. The number of thiocarbonyl (C=S) groups is 1. The van der Waals surface area contributed by atoms with E-state index in [0.29, 0.717) is 5.56 Å². The summed E-state index contributed by atoms with van der Waals surface area (Å²) in [6, 6.07) is 13.3. The van der Waals surface area contributed by atoms with E-state index >= 15 is 0 Å². The second-order valence-electron chi connectivity index (χ2n) is 3.91. The van der Waals surface area contributed by atoms with Crippen LogP contribution < -0.4 is 0 Å². The fraction of sp³-hybridized carbons (Fsp3) is 0.0667. The summed E-state index contributed by atoms with van der Waals surface area (Å²) < 4.78 is 12.8. The van der Waals surface area contributed by atoms with Crippen molar-refractivity contribution in [3.8, 4) is 11.1 Å². The molecule has 0 heterocycles. The van der Waals surface area contributed by atoms with E-state index in [1.54, 1.807) is 24.3 Å². The predicted octanol–water partition coefficient (Wildman–Crippen LogP) is 3.78. The normalized spacial score (nSPS) is 9.74. The summed E-state index contributed by atoms with van der Waals surface area (Å²) in [6.45, 7) is 0.0133. The van der Waals surface area contributed by atoms with E-state index < -0.39 is 0 Å². The molecule has 0 aliphatic heterocycles. The molecule has 0 fully saturated rings. The number of halogens is 1. The molecule has 0 amide bonds. The van der Waals surface area contributed by atoms with Gasteiger partial charge >= 0.3 is 0 Å². The number of ketones is 1. The maximum absolute atomic E-state index is 12.8. The first kappa shape index (κ1) is 13.3. The molecule has 4 heteroatoms. The third-order valence-corrected chi connectivity index (χ3v) is 2.80. The van der Waals surface area contributed by atoms with E-state index in [0.717, 1.165) is 11.1 Å². The number of rotatable bonds is 4. The smallest absolute Gasteiger partial charge is 0.185 e. The van der Waals surface area contributed by atoms with Crippen molar-refractivity contribution in [1.82, 2.24) is 0 Å². The minimum Gasteiger partial charge on any atom is -0.292 e. The van der Waals surface area contributed by atoms with Gasteiger partial charge in [0.15, 0.2) is 5.78 Å². The topological polar surface area (TPSA) is 29.4 Å². The van der Waals surface area contributed by atoms with Gasteiger partial charge in [-0.1, -0.05) is 36.4 Å². The third kappa shape index (κ3) is 3.41. The van der Waals surface area contributed by atoms with Gasteiger partial charge < -0.3 is 0 Å². The van der Waals surface area contributed by atoms with Crippen LogP contribution in [0, 0.1) is 5.82 Å². The van der Waals surface area contributed by atoms with Crippen molar-refractivity contribution in [2.45, 2.75) is 0 Å². The summed E-state index contributed by atoms with van der Waals surface area (Å²) in [7, 11) is 0. The highest BCUT2D eigenvalue weighted by Crippen LogP contribution is 2.20. The highest BCUT2D eigenvalue weighted by atomic mass is 32.1. The molecule has 0 aromatic heterocycles. The van der Waals surface area contributed by atoms with Crippen LogP contribution in [0.5, 0.6) is 0 Å². The van der Waals surface area contributed by atoms with Crippen molar-refractivity contribution in [2.24, 2.45) is 4.99 Å². The van der Waals surface area contributed by atoms with E-state index in [-0.39, 0.29) is 18.1 Å². The predicted molar refractivity (Wildman–Crippen MR) is 76.1 cm³/mol. The summed E-state index contributed by atoms with van der Waals surface area (Å²) in [5.41, 5.74) is 2.40. The van der Waals surface area contributed by atoms with Gasteiger partial charge in [-0.15, -0.1) is 0 Å². The second-order valence-corrected chi connectivity index (χ2v) is 4.10. The van der Waals surface area contributed by atoms with Gasteiger partial charge in [0.25, 0.3) is 0 Å². The highest BCUT2D eigenvalue weighted by Gasteiger charge is 2.05. The summed E-state index contributed by atoms with van der Waals surface area (Å²) >= 11 is 4.42. The SMILES string of the molecule is O=C(CN=C=S)c1ccc(-c2ccc(F)cc2)cc1. The number of aliphatic imine (C=N–C) groups is 1. The molecule has 0 spiro atoms. The molecule has 0 N–H and O–H groups in total. The lowest BCUT2D eigenvalue weighted by molar-refractivity contribution is 0.100. The Kier molecular flexibility index (Phi) is 4.29. The highest BCUT2D eigenvalue weighted by molar-refractivity contribution is 7.78. The number of nitrogens with zero attached hydrogens (tertiary/aromatic N) is 1. The first-order valence-electron chi connectivity index (χ1n) is 5.63. The number of carbonyl (C=O) groups excluding carboxylic acids is 1. The molecule has 0 bridgehead atoms. The molecule has 0 radical (unpaired) electrons. The molecule has 0 aliphatic carbocycles. The lowest BCUT2D eigenvalue weighted by Gasteiger charge is -2.03. The van der Waals surface area contributed by atoms with Crippen LogP contribution >= 0.6 is 12.2 Å². The van der Waals surface area contributed by atoms with Gasteiger partial charge in [-0.05, 0) is 35.5 Å². The Hall–Kier alpha value is -2.16. The van der Waals surface area contributed by atoms with Crippen LogP contribution in [0.4, 0.5) is 4.39 Å². The zero-order chi connectivity index (χ0) is 13.7. The zero-order valence-corrected chi connectivity index (χ0v) is 10.8. The summed E-state index contributed by atoms with van der Waals surface area (Å²) in [6.07, 6.45) is 0. The van der Waals surface area contributed by atoms with Crippen LogP contribution in [0.3, 0.4) is 0 Å². The van der Waals surface area contributed by atoms with Gasteiger partial charge in [-0.3, -0.25) is 4.79 Å². The minimum atomic E-state index is -0.270. The van der Waals surface area contributed by atoms with Crippen LogP contribution in [-0.4, -0.2) is 17.5 Å². The van der Waals surface area contributed by atoms with Crippen LogP contribution in [0.25, 0.3) is 11.1 Å². The van der Waals surface area contributed by atoms with E-state index in [1.807, 2.05) is 12.1 Å². The lowest BCUT2D eigenvalue weighted by Crippen LogP contribution is -2.02. The Bertz CT molecular complexity index is 628. The van der Waals surface area contributed by atoms with Crippen LogP contribution in [0.15, 0.2) is 53.5 Å². The zero-order valence-electron chi connectivity index (χ0n) is 9.97. The summed E-state index contributed by atoms with van der Waals surface area (Å²) in [4.78, 5) is 15.3. The van der Waals surface area contributed by atoms with Crippen molar-refractivity contribution in [3.05, 3.63) is 59.9 Å². The van der Waals surface area contributed by atoms with Gasteiger partial charge in [0.1, 0.15) is 12.4 Å². The lowest BCUT2D eigenvalue weighted by atomic mass is 10.0. The van der Waals surface area contributed by atoms with E-state index in [1.165, 1.54) is 12.1 Å². The second kappa shape index (κ2) is 6.14. The maximum Gasteiger partial charge on any atom is 0.185 e. The van der Waals surface area contributed by atoms with E-state index in [9.17, 15) is 9.18 Å². The van der Waals surface area contributed by atoms with Gasteiger partial charge in [0, 0.05) is 5.56 Å². The fourth-order valence-electron chi connectivity index (χ4n) is 1.69. The van der Waals surface area contributed by atoms with Crippen LogP contribution in [0.2, 0.25) is 0 Å². The molecule has 0 saturated heterocycles. The quantitative estimate of drug-likeness (QED) is 0.481. The average molecular weight is 271 g/mol. The molecular weight excluding hydrogens is 261 g/mol. The Morgan fingerprint density at radius 3 is 2.11 bits per heavy atom. The molecule has 2 aromatic rings. The Morgan fingerprint density at radius 1 is 1.05 bits per heavy atom. The fourth-order valence-corrected chi connectivity index (χ4v) is 1.75. The van der Waals surface area contributed by atoms with E-state index in [4.69, 9.17) is 0 Å². The molecule has 0 saturated carbocycles. The van der Waals surface area contributed by atoms with Crippen molar-refractivity contribution >= 4 is 23.2 Å². The largest absolute Gasteiger partial charge is 0.292 e. The maximum atomic E-state index is 12.8. The van der Waals surface area contributed by atoms with Gasteiger partial charge in [-0.2, -0.15) is 0 Å². The first-order valence-corrected chi connectivity index (χ1v) is 6.04. The van der Waals surface area contributed by atoms with Gasteiger partial charge in [0.2, 0.25) is 0 Å². The molecule has 0 unspecified atom stereocenters. The number of carbonyl (C=O) groups is 1. The Morgan fingerprint density at radius 2 is 1.58 bits per heavy atom. The third-order valence-electron chi connectivity index (χ3n) is 2.67. The minimum absolute atomic E-state index is 0.0133. The number of hydrogen-bond donors (Lipinski definition) is 0. The average Bonchev–Trinajstić information content (AvgIpc) is 2.46. The van der Waals surface area contributed by atoms with E-state index in [2.05, 4.69) is 22.4 Å².